The molecule has 0 radical (unpaired) electrons. The summed E-state index contributed by atoms with van der Waals surface area (Å²) in [5.41, 5.74) is 4.33. The molecule has 8 heteroatoms. The standard InChI is InChI=1S/C29H38N4O4/c1-8-20(32(6)7)10-9-12-29(5)36-25-19(4)24-21(22(15-30)26(25)37-29)11-13-33(28(24)35)16-23-17(2)14-18(3)31-27(23)34/h14,20H,8-13,16H2,1-7H3,(H,31,34). The van der Waals surface area contributed by atoms with Gasteiger partial charge in [-0.2, -0.15) is 5.26 Å². The van der Waals surface area contributed by atoms with Gasteiger partial charge in [-0.3, -0.25) is 9.59 Å². The Morgan fingerprint density at radius 2 is 1.92 bits per heavy atom. The molecule has 0 bridgehead atoms. The van der Waals surface area contributed by atoms with Crippen molar-refractivity contribution in [3.63, 3.8) is 0 Å². The summed E-state index contributed by atoms with van der Waals surface area (Å²) in [4.78, 5) is 33.1. The Balaban J connectivity index is 1.61. The molecule has 3 heterocycles. The zero-order valence-electron chi connectivity index (χ0n) is 23.1. The fourth-order valence-corrected chi connectivity index (χ4v) is 5.73. The molecule has 1 aromatic carbocycles. The van der Waals surface area contributed by atoms with Gasteiger partial charge in [-0.25, -0.2) is 0 Å². The molecule has 4 rings (SSSR count). The average Bonchev–Trinajstić information content (AvgIpc) is 3.18. The van der Waals surface area contributed by atoms with Gasteiger partial charge in [-0.15, -0.1) is 0 Å². The van der Waals surface area contributed by atoms with Crippen molar-refractivity contribution in [1.29, 1.82) is 5.26 Å². The number of carbonyl (C=O) groups is 1. The summed E-state index contributed by atoms with van der Waals surface area (Å²) >= 11 is 0. The number of nitriles is 1. The monoisotopic (exact) mass is 506 g/mol. The van der Waals surface area contributed by atoms with Crippen LogP contribution < -0.4 is 15.0 Å². The number of pyridine rings is 1. The number of aromatic amines is 1. The van der Waals surface area contributed by atoms with Crippen molar-refractivity contribution in [3.8, 4) is 17.6 Å². The van der Waals surface area contributed by atoms with Gasteiger partial charge in [0, 0.05) is 42.8 Å². The normalized spacial score (nSPS) is 19.2. The van der Waals surface area contributed by atoms with Gasteiger partial charge in [0.25, 0.3) is 11.5 Å². The molecule has 0 spiro atoms. The third-order valence-corrected chi connectivity index (χ3v) is 7.85. The molecule has 0 saturated heterocycles. The molecule has 2 aliphatic rings. The van der Waals surface area contributed by atoms with Crippen LogP contribution in [-0.4, -0.2) is 53.2 Å². The maximum Gasteiger partial charge on any atom is 0.254 e. The molecule has 0 aliphatic carbocycles. The number of hydrogen-bond donors (Lipinski definition) is 1. The first-order valence-corrected chi connectivity index (χ1v) is 13.1. The number of fused-ring (bicyclic) bond motifs is 2. The van der Waals surface area contributed by atoms with Gasteiger partial charge in [-0.1, -0.05) is 6.92 Å². The van der Waals surface area contributed by atoms with E-state index in [1.165, 1.54) is 0 Å². The number of nitrogens with zero attached hydrogens (tertiary/aromatic N) is 3. The number of aryl methyl sites for hydroxylation is 2. The third kappa shape index (κ3) is 4.97. The first-order valence-electron chi connectivity index (χ1n) is 13.1. The van der Waals surface area contributed by atoms with Gasteiger partial charge in [0.15, 0.2) is 11.5 Å². The van der Waals surface area contributed by atoms with Crippen LogP contribution in [0.3, 0.4) is 0 Å². The van der Waals surface area contributed by atoms with Crippen molar-refractivity contribution in [2.24, 2.45) is 0 Å². The SMILES string of the molecule is CCC(CCCC1(C)Oc2c(C)c3c(c(C#N)c2O1)CCN(Cc1c(C)cc(C)[nH]c1=O)C3=O)N(C)C. The molecule has 0 saturated carbocycles. The summed E-state index contributed by atoms with van der Waals surface area (Å²) < 4.78 is 12.7. The third-order valence-electron chi connectivity index (χ3n) is 7.85. The quantitative estimate of drug-likeness (QED) is 0.571. The van der Waals surface area contributed by atoms with Gasteiger partial charge in [0.1, 0.15) is 11.6 Å². The largest absolute Gasteiger partial charge is 0.448 e. The summed E-state index contributed by atoms with van der Waals surface area (Å²) in [5, 5.41) is 10.1. The number of H-pyrrole nitrogens is 1. The fourth-order valence-electron chi connectivity index (χ4n) is 5.73. The lowest BCUT2D eigenvalue weighted by atomic mass is 9.89. The van der Waals surface area contributed by atoms with Gasteiger partial charge < -0.3 is 24.3 Å². The maximum absolute atomic E-state index is 13.7. The highest BCUT2D eigenvalue weighted by atomic mass is 16.7. The van der Waals surface area contributed by atoms with Gasteiger partial charge in [0.05, 0.1) is 12.1 Å². The van der Waals surface area contributed by atoms with Gasteiger partial charge >= 0.3 is 0 Å². The van der Waals surface area contributed by atoms with E-state index in [-0.39, 0.29) is 18.0 Å². The highest BCUT2D eigenvalue weighted by Gasteiger charge is 2.43. The van der Waals surface area contributed by atoms with Crippen LogP contribution in [0.1, 0.15) is 83.4 Å². The molecule has 2 aromatic rings. The molecule has 37 heavy (non-hydrogen) atoms. The van der Waals surface area contributed by atoms with E-state index in [0.717, 1.165) is 30.5 Å². The second-order valence-corrected chi connectivity index (χ2v) is 10.8. The van der Waals surface area contributed by atoms with Crippen LogP contribution >= 0.6 is 0 Å². The van der Waals surface area contributed by atoms with Gasteiger partial charge in [0.2, 0.25) is 5.79 Å². The van der Waals surface area contributed by atoms with Crippen LogP contribution in [0.5, 0.6) is 11.5 Å². The van der Waals surface area contributed by atoms with E-state index < -0.39 is 5.79 Å². The molecule has 198 valence electrons. The lowest BCUT2D eigenvalue weighted by molar-refractivity contribution is -0.0707. The predicted molar refractivity (Wildman–Crippen MR) is 142 cm³/mol. The molecular formula is C29H38N4O4. The maximum atomic E-state index is 13.7. The number of rotatable bonds is 8. The lowest BCUT2D eigenvalue weighted by Crippen LogP contribution is -2.39. The molecular weight excluding hydrogens is 468 g/mol. The Morgan fingerprint density at radius 3 is 2.54 bits per heavy atom. The number of nitrogens with one attached hydrogen (secondary N) is 1. The Kier molecular flexibility index (Phi) is 7.38. The van der Waals surface area contributed by atoms with Crippen molar-refractivity contribution in [1.82, 2.24) is 14.8 Å². The van der Waals surface area contributed by atoms with Crippen molar-refractivity contribution in [2.45, 2.75) is 85.1 Å². The first kappa shape index (κ1) is 26.7. The van der Waals surface area contributed by atoms with E-state index in [2.05, 4.69) is 37.0 Å². The van der Waals surface area contributed by atoms with Crippen LogP contribution in [0.2, 0.25) is 0 Å². The Morgan fingerprint density at radius 1 is 1.22 bits per heavy atom. The molecule has 2 atom stereocenters. The number of aromatic nitrogens is 1. The average molecular weight is 507 g/mol. The number of amides is 1. The fraction of sp³-hybridized carbons (Fsp3) is 0.552. The molecule has 0 fully saturated rings. The lowest BCUT2D eigenvalue weighted by Gasteiger charge is -2.30. The van der Waals surface area contributed by atoms with Crippen molar-refractivity contribution < 1.29 is 14.3 Å². The van der Waals surface area contributed by atoms with E-state index in [1.54, 1.807) is 4.90 Å². The summed E-state index contributed by atoms with van der Waals surface area (Å²) in [6.45, 7) is 10.3. The molecule has 2 aliphatic heterocycles. The minimum absolute atomic E-state index is 0.174. The Hall–Kier alpha value is -3.31. The van der Waals surface area contributed by atoms with Gasteiger partial charge in [-0.05, 0) is 77.7 Å². The zero-order chi connectivity index (χ0) is 27.1. The topological polar surface area (TPSA) is 98.7 Å². The molecule has 1 amide bonds. The van der Waals surface area contributed by atoms with E-state index in [4.69, 9.17) is 9.47 Å². The minimum atomic E-state index is -0.887. The highest BCUT2D eigenvalue weighted by molar-refractivity contribution is 6.00. The molecule has 1 N–H and O–H groups in total. The number of benzene rings is 1. The summed E-state index contributed by atoms with van der Waals surface area (Å²) in [6, 6.07) is 4.70. The van der Waals surface area contributed by atoms with Crippen LogP contribution in [0.25, 0.3) is 0 Å². The minimum Gasteiger partial charge on any atom is -0.448 e. The Bertz CT molecular complexity index is 1320. The van der Waals surface area contributed by atoms with Crippen molar-refractivity contribution in [2.75, 3.05) is 20.6 Å². The predicted octanol–water partition coefficient (Wildman–Crippen LogP) is 4.37. The zero-order valence-corrected chi connectivity index (χ0v) is 23.1. The Labute approximate surface area is 219 Å². The first-order chi connectivity index (χ1) is 17.5. The van der Waals surface area contributed by atoms with Crippen LogP contribution in [0.15, 0.2) is 10.9 Å². The summed E-state index contributed by atoms with van der Waals surface area (Å²) in [7, 11) is 4.19. The van der Waals surface area contributed by atoms with E-state index >= 15 is 0 Å². The van der Waals surface area contributed by atoms with E-state index in [9.17, 15) is 14.9 Å². The second kappa shape index (κ2) is 10.2. The van der Waals surface area contributed by atoms with E-state index in [1.807, 2.05) is 33.8 Å². The van der Waals surface area contributed by atoms with Crippen LogP contribution in [-0.2, 0) is 13.0 Å². The van der Waals surface area contributed by atoms with Crippen LogP contribution in [0, 0.1) is 32.1 Å². The molecule has 1 aromatic heterocycles. The molecule has 2 unspecified atom stereocenters. The van der Waals surface area contributed by atoms with E-state index in [0.29, 0.717) is 64.7 Å². The highest BCUT2D eigenvalue weighted by Crippen LogP contribution is 2.49. The molecule has 8 nitrogen and oxygen atoms in total. The van der Waals surface area contributed by atoms with Crippen molar-refractivity contribution >= 4 is 5.91 Å². The summed E-state index contributed by atoms with van der Waals surface area (Å²) in [6.07, 6.45) is 4.20. The second-order valence-electron chi connectivity index (χ2n) is 10.8. The van der Waals surface area contributed by atoms with Crippen LogP contribution in [0.4, 0.5) is 0 Å². The number of ether oxygens (including phenoxy) is 2. The van der Waals surface area contributed by atoms with Crippen molar-refractivity contribution in [3.05, 3.63) is 55.5 Å². The number of carbonyl (C=O) groups excluding carboxylic acids is 1. The summed E-state index contributed by atoms with van der Waals surface area (Å²) in [5.74, 6) is -0.140. The smallest absolute Gasteiger partial charge is 0.254 e. The number of hydrogen-bond acceptors (Lipinski definition) is 6.